The summed E-state index contributed by atoms with van der Waals surface area (Å²) in [6.45, 7) is 13.7. The SMILES string of the molecule is C=c1/c(=C\c2cc3c4c(c2)CCCN4CCC3)oc(=NC(C)C)n1CC. The molecule has 0 saturated heterocycles. The van der Waals surface area contributed by atoms with Gasteiger partial charge in [-0.25, -0.2) is 4.99 Å². The zero-order valence-corrected chi connectivity index (χ0v) is 16.2. The molecule has 0 aliphatic carbocycles. The molecule has 0 spiro atoms. The van der Waals surface area contributed by atoms with Crippen LogP contribution in [0.3, 0.4) is 0 Å². The lowest BCUT2D eigenvalue weighted by atomic mass is 9.90. The maximum Gasteiger partial charge on any atom is 0.297 e. The van der Waals surface area contributed by atoms with E-state index in [1.54, 1.807) is 0 Å². The zero-order valence-electron chi connectivity index (χ0n) is 16.2. The summed E-state index contributed by atoms with van der Waals surface area (Å²) in [6, 6.07) is 4.88. The van der Waals surface area contributed by atoms with Crippen LogP contribution in [0.2, 0.25) is 0 Å². The lowest BCUT2D eigenvalue weighted by Crippen LogP contribution is -2.34. The molecular formula is C22H29N3O. The molecule has 0 fully saturated rings. The van der Waals surface area contributed by atoms with Crippen molar-refractivity contribution in [2.75, 3.05) is 18.0 Å². The van der Waals surface area contributed by atoms with Gasteiger partial charge in [0.25, 0.3) is 5.68 Å². The van der Waals surface area contributed by atoms with E-state index >= 15 is 0 Å². The van der Waals surface area contributed by atoms with E-state index in [9.17, 15) is 0 Å². The summed E-state index contributed by atoms with van der Waals surface area (Å²) >= 11 is 0. The molecule has 1 aromatic carbocycles. The molecule has 2 aliphatic rings. The van der Waals surface area contributed by atoms with Gasteiger partial charge in [-0.1, -0.05) is 6.58 Å². The van der Waals surface area contributed by atoms with Gasteiger partial charge in [0, 0.05) is 31.4 Å². The predicted molar refractivity (Wildman–Crippen MR) is 107 cm³/mol. The molecule has 4 heteroatoms. The third kappa shape index (κ3) is 3.02. The fraction of sp³-hybridized carbons (Fsp3) is 0.500. The molecule has 2 aliphatic heterocycles. The molecule has 1 aromatic heterocycles. The molecule has 0 amide bonds. The number of aromatic nitrogens is 1. The maximum absolute atomic E-state index is 6.07. The first-order chi connectivity index (χ1) is 12.6. The van der Waals surface area contributed by atoms with Crippen LogP contribution < -0.4 is 21.3 Å². The Hall–Kier alpha value is -2.23. The Bertz CT molecular complexity index is 962. The highest BCUT2D eigenvalue weighted by molar-refractivity contribution is 5.67. The van der Waals surface area contributed by atoms with Crippen molar-refractivity contribution in [3.05, 3.63) is 45.3 Å². The monoisotopic (exact) mass is 351 g/mol. The predicted octanol–water partition coefficient (Wildman–Crippen LogP) is 2.35. The van der Waals surface area contributed by atoms with E-state index in [2.05, 4.69) is 60.0 Å². The minimum Gasteiger partial charge on any atom is -0.424 e. The summed E-state index contributed by atoms with van der Waals surface area (Å²) in [5.41, 5.74) is 7.21. The van der Waals surface area contributed by atoms with Gasteiger partial charge in [0.2, 0.25) is 0 Å². The van der Waals surface area contributed by atoms with E-state index < -0.39 is 0 Å². The van der Waals surface area contributed by atoms with Crippen molar-refractivity contribution >= 4 is 18.3 Å². The lowest BCUT2D eigenvalue weighted by molar-refractivity contribution is 0.432. The molecule has 4 nitrogen and oxygen atoms in total. The summed E-state index contributed by atoms with van der Waals surface area (Å²) < 4.78 is 8.12. The second kappa shape index (κ2) is 6.82. The molecule has 0 atom stereocenters. The largest absolute Gasteiger partial charge is 0.424 e. The van der Waals surface area contributed by atoms with Crippen molar-refractivity contribution in [2.24, 2.45) is 4.99 Å². The van der Waals surface area contributed by atoms with Crippen molar-refractivity contribution < 1.29 is 4.42 Å². The highest BCUT2D eigenvalue weighted by Crippen LogP contribution is 2.36. The van der Waals surface area contributed by atoms with Gasteiger partial charge < -0.3 is 9.32 Å². The highest BCUT2D eigenvalue weighted by atomic mass is 16.3. The molecule has 3 heterocycles. The van der Waals surface area contributed by atoms with Crippen LogP contribution in [0.1, 0.15) is 50.3 Å². The number of hydrogen-bond acceptors (Lipinski definition) is 3. The molecule has 0 bridgehead atoms. The van der Waals surface area contributed by atoms with E-state index in [0.717, 1.165) is 17.3 Å². The van der Waals surface area contributed by atoms with Gasteiger partial charge in [-0.2, -0.15) is 0 Å². The van der Waals surface area contributed by atoms with Crippen LogP contribution in [-0.4, -0.2) is 23.7 Å². The van der Waals surface area contributed by atoms with Gasteiger partial charge in [-0.05, 0) is 81.4 Å². The van der Waals surface area contributed by atoms with Gasteiger partial charge in [-0.3, -0.25) is 4.57 Å². The van der Waals surface area contributed by atoms with Crippen molar-refractivity contribution in [3.8, 4) is 0 Å². The van der Waals surface area contributed by atoms with E-state index in [-0.39, 0.29) is 6.04 Å². The first-order valence-corrected chi connectivity index (χ1v) is 9.91. The quantitative estimate of drug-likeness (QED) is 0.851. The van der Waals surface area contributed by atoms with Crippen LogP contribution in [0, 0.1) is 0 Å². The zero-order chi connectivity index (χ0) is 18.3. The normalized spacial score (nSPS) is 17.9. The van der Waals surface area contributed by atoms with Crippen LogP contribution in [0.15, 0.2) is 21.5 Å². The van der Waals surface area contributed by atoms with Crippen LogP contribution >= 0.6 is 0 Å². The van der Waals surface area contributed by atoms with Crippen LogP contribution in [0.5, 0.6) is 0 Å². The highest BCUT2D eigenvalue weighted by Gasteiger charge is 2.23. The first-order valence-electron chi connectivity index (χ1n) is 9.91. The number of rotatable bonds is 3. The summed E-state index contributed by atoms with van der Waals surface area (Å²) in [6.07, 6.45) is 7.00. The van der Waals surface area contributed by atoms with Crippen LogP contribution in [0.25, 0.3) is 12.7 Å². The number of hydrogen-bond donors (Lipinski definition) is 0. The third-order valence-electron chi connectivity index (χ3n) is 5.38. The average molecular weight is 351 g/mol. The van der Waals surface area contributed by atoms with E-state index in [1.807, 2.05) is 0 Å². The van der Waals surface area contributed by atoms with Gasteiger partial charge in [0.05, 0.1) is 5.35 Å². The summed E-state index contributed by atoms with van der Waals surface area (Å²) in [5, 5.41) is 0.903. The van der Waals surface area contributed by atoms with Gasteiger partial charge in [0.1, 0.15) is 0 Å². The van der Waals surface area contributed by atoms with Crippen molar-refractivity contribution in [3.63, 3.8) is 0 Å². The van der Waals surface area contributed by atoms with E-state index in [4.69, 9.17) is 4.42 Å². The minimum absolute atomic E-state index is 0.199. The Morgan fingerprint density at radius 2 is 1.85 bits per heavy atom. The Morgan fingerprint density at radius 3 is 2.42 bits per heavy atom. The Balaban J connectivity index is 1.85. The Labute approximate surface area is 155 Å². The Morgan fingerprint density at radius 1 is 1.19 bits per heavy atom. The maximum atomic E-state index is 6.07. The lowest BCUT2D eigenvalue weighted by Gasteiger charge is -2.37. The molecule has 0 unspecified atom stereocenters. The topological polar surface area (TPSA) is 33.7 Å². The van der Waals surface area contributed by atoms with Crippen LogP contribution in [0.4, 0.5) is 5.69 Å². The molecule has 0 saturated carbocycles. The van der Waals surface area contributed by atoms with Gasteiger partial charge in [0.15, 0.2) is 5.42 Å². The third-order valence-corrected chi connectivity index (χ3v) is 5.38. The van der Waals surface area contributed by atoms with Crippen molar-refractivity contribution in [1.82, 2.24) is 4.57 Å². The average Bonchev–Trinajstić information content (AvgIpc) is 2.89. The molecule has 2 aromatic rings. The molecule has 26 heavy (non-hydrogen) atoms. The molecule has 138 valence electrons. The minimum atomic E-state index is 0.199. The van der Waals surface area contributed by atoms with Gasteiger partial charge >= 0.3 is 0 Å². The molecule has 4 rings (SSSR count). The second-order valence-electron chi connectivity index (χ2n) is 7.69. The number of nitrogens with zero attached hydrogens (tertiary/aromatic N) is 3. The number of oxazole rings is 1. The van der Waals surface area contributed by atoms with E-state index in [0.29, 0.717) is 5.68 Å². The summed E-state index contributed by atoms with van der Waals surface area (Å²) in [4.78, 5) is 7.18. The number of anilines is 1. The molecule has 0 radical (unpaired) electrons. The van der Waals surface area contributed by atoms with Crippen molar-refractivity contribution in [2.45, 2.75) is 59.0 Å². The first kappa shape index (κ1) is 17.2. The van der Waals surface area contributed by atoms with Crippen molar-refractivity contribution in [1.29, 1.82) is 0 Å². The summed E-state index contributed by atoms with van der Waals surface area (Å²) in [7, 11) is 0. The molecular weight excluding hydrogens is 322 g/mol. The number of aryl methyl sites for hydroxylation is 2. The second-order valence-corrected chi connectivity index (χ2v) is 7.69. The van der Waals surface area contributed by atoms with Gasteiger partial charge in [-0.15, -0.1) is 0 Å². The van der Waals surface area contributed by atoms with Crippen LogP contribution in [-0.2, 0) is 19.4 Å². The molecule has 0 N–H and O–H groups in total. The number of benzene rings is 1. The summed E-state index contributed by atoms with van der Waals surface area (Å²) in [5.74, 6) is 0. The smallest absolute Gasteiger partial charge is 0.297 e. The Kier molecular flexibility index (Phi) is 4.51. The fourth-order valence-corrected chi connectivity index (χ4v) is 4.28. The van der Waals surface area contributed by atoms with E-state index in [1.165, 1.54) is 61.2 Å². The fourth-order valence-electron chi connectivity index (χ4n) is 4.28. The standard InChI is InChI=1S/C22H29N3O/c1-5-25-16(4)20(26-22(25)23-15(2)3)14-17-12-18-8-6-10-24-11-7-9-19(13-17)21(18)24/h12-15H,4-11H2,1-3H3/b20-14+,23-22?.